The summed E-state index contributed by atoms with van der Waals surface area (Å²) in [6.07, 6.45) is 6.92. The van der Waals surface area contributed by atoms with E-state index in [0.717, 1.165) is 37.3 Å². The number of nitrogens with one attached hydrogen (secondary N) is 1. The molecule has 1 aliphatic heterocycles. The van der Waals surface area contributed by atoms with Crippen molar-refractivity contribution in [2.24, 2.45) is 0 Å². The molecule has 0 amide bonds. The van der Waals surface area contributed by atoms with Crippen molar-refractivity contribution in [3.05, 3.63) is 108 Å². The van der Waals surface area contributed by atoms with Gasteiger partial charge >= 0.3 is 0 Å². The minimum absolute atomic E-state index is 0.554. The highest BCUT2D eigenvalue weighted by atomic mass is 16.3. The molecule has 1 aliphatic rings. The molecule has 180 valence electrons. The van der Waals surface area contributed by atoms with Crippen LogP contribution in [0.25, 0.3) is 22.8 Å². The standard InChI is InChI=1S/C29H28N6O/c1-21-8-5-6-11-24(21)18-30-29-31-19-25(28-32-27(33-35(28)29)26-12-7-17-36-26)20-34-15-13-23(14-16-34)22-9-3-2-4-10-22/h2-13,17,19H,14-16,18,20H2,1H3,(H,30,31). The van der Waals surface area contributed by atoms with Gasteiger partial charge in [0.2, 0.25) is 11.8 Å². The quantitative estimate of drug-likeness (QED) is 0.330. The Balaban J connectivity index is 1.27. The summed E-state index contributed by atoms with van der Waals surface area (Å²) < 4.78 is 7.39. The summed E-state index contributed by atoms with van der Waals surface area (Å²) in [6.45, 7) is 5.40. The average molecular weight is 477 g/mol. The molecule has 0 radical (unpaired) electrons. The number of benzene rings is 2. The number of aromatic nitrogens is 4. The first-order chi connectivity index (χ1) is 17.7. The highest BCUT2D eigenvalue weighted by Gasteiger charge is 2.19. The van der Waals surface area contributed by atoms with E-state index in [1.54, 1.807) is 10.8 Å². The Morgan fingerprint density at radius 3 is 2.61 bits per heavy atom. The van der Waals surface area contributed by atoms with Gasteiger partial charge in [-0.1, -0.05) is 60.7 Å². The third-order valence-electron chi connectivity index (χ3n) is 6.71. The molecule has 3 aromatic heterocycles. The van der Waals surface area contributed by atoms with E-state index in [1.807, 2.05) is 18.3 Å². The lowest BCUT2D eigenvalue weighted by Gasteiger charge is -2.26. The Bertz CT molecular complexity index is 1500. The van der Waals surface area contributed by atoms with Crippen LogP contribution in [-0.4, -0.2) is 37.6 Å². The third kappa shape index (κ3) is 4.53. The molecule has 0 saturated heterocycles. The highest BCUT2D eigenvalue weighted by Crippen LogP contribution is 2.25. The summed E-state index contributed by atoms with van der Waals surface area (Å²) in [5.74, 6) is 1.85. The van der Waals surface area contributed by atoms with Gasteiger partial charge in [-0.15, -0.1) is 5.10 Å². The smallest absolute Gasteiger partial charge is 0.226 e. The number of rotatable bonds is 7. The van der Waals surface area contributed by atoms with Gasteiger partial charge in [-0.3, -0.25) is 4.90 Å². The van der Waals surface area contributed by atoms with Crippen LogP contribution in [0, 0.1) is 6.92 Å². The molecule has 6 rings (SSSR count). The van der Waals surface area contributed by atoms with Crippen LogP contribution in [0.4, 0.5) is 5.95 Å². The van der Waals surface area contributed by atoms with E-state index in [4.69, 9.17) is 19.5 Å². The van der Waals surface area contributed by atoms with Crippen molar-refractivity contribution in [2.75, 3.05) is 18.4 Å². The maximum absolute atomic E-state index is 5.58. The lowest BCUT2D eigenvalue weighted by Crippen LogP contribution is -2.28. The van der Waals surface area contributed by atoms with Crippen LogP contribution in [0.15, 0.2) is 89.7 Å². The molecule has 5 aromatic rings. The zero-order chi connectivity index (χ0) is 24.3. The molecule has 7 nitrogen and oxygen atoms in total. The second-order valence-electron chi connectivity index (χ2n) is 9.12. The van der Waals surface area contributed by atoms with Crippen molar-refractivity contribution < 1.29 is 4.42 Å². The molecule has 1 N–H and O–H groups in total. The minimum atomic E-state index is 0.554. The molecule has 0 bridgehead atoms. The van der Waals surface area contributed by atoms with E-state index in [-0.39, 0.29) is 0 Å². The molecule has 7 heteroatoms. The van der Waals surface area contributed by atoms with Gasteiger partial charge in [-0.2, -0.15) is 4.52 Å². The number of hydrogen-bond donors (Lipinski definition) is 1. The van der Waals surface area contributed by atoms with Crippen molar-refractivity contribution >= 4 is 17.2 Å². The number of aryl methyl sites for hydroxylation is 1. The first kappa shape index (κ1) is 22.2. The number of hydrogen-bond acceptors (Lipinski definition) is 6. The van der Waals surface area contributed by atoms with Gasteiger partial charge in [0.15, 0.2) is 11.4 Å². The van der Waals surface area contributed by atoms with Gasteiger partial charge in [0.25, 0.3) is 0 Å². The zero-order valence-corrected chi connectivity index (χ0v) is 20.3. The van der Waals surface area contributed by atoms with Crippen LogP contribution in [0.2, 0.25) is 0 Å². The molecule has 0 aliphatic carbocycles. The fourth-order valence-electron chi connectivity index (χ4n) is 4.65. The first-order valence-electron chi connectivity index (χ1n) is 12.3. The van der Waals surface area contributed by atoms with Crippen molar-refractivity contribution in [1.82, 2.24) is 24.5 Å². The lowest BCUT2D eigenvalue weighted by atomic mass is 9.99. The lowest BCUT2D eigenvalue weighted by molar-refractivity contribution is 0.294. The number of nitrogens with zero attached hydrogens (tertiary/aromatic N) is 5. The Morgan fingerprint density at radius 1 is 0.972 bits per heavy atom. The fraction of sp³-hybridized carbons (Fsp3) is 0.207. The summed E-state index contributed by atoms with van der Waals surface area (Å²) in [5, 5.41) is 8.21. The molecule has 0 fully saturated rings. The average Bonchev–Trinajstić information content (AvgIpc) is 3.61. The van der Waals surface area contributed by atoms with Crippen molar-refractivity contribution in [2.45, 2.75) is 26.4 Å². The second kappa shape index (κ2) is 9.79. The molecular formula is C29H28N6O. The van der Waals surface area contributed by atoms with Crippen LogP contribution < -0.4 is 5.32 Å². The van der Waals surface area contributed by atoms with Gasteiger partial charge in [-0.25, -0.2) is 9.97 Å². The van der Waals surface area contributed by atoms with Crippen LogP contribution in [-0.2, 0) is 13.1 Å². The van der Waals surface area contributed by atoms with E-state index in [1.165, 1.54) is 22.3 Å². The van der Waals surface area contributed by atoms with E-state index in [0.29, 0.717) is 24.1 Å². The summed E-state index contributed by atoms with van der Waals surface area (Å²) in [5.41, 5.74) is 7.01. The van der Waals surface area contributed by atoms with Gasteiger partial charge in [0, 0.05) is 37.9 Å². The van der Waals surface area contributed by atoms with E-state index < -0.39 is 0 Å². The summed E-state index contributed by atoms with van der Waals surface area (Å²) in [7, 11) is 0. The third-order valence-corrected chi connectivity index (χ3v) is 6.71. The maximum Gasteiger partial charge on any atom is 0.226 e. The van der Waals surface area contributed by atoms with E-state index in [2.05, 4.69) is 77.8 Å². The molecule has 0 unspecified atom stereocenters. The highest BCUT2D eigenvalue weighted by molar-refractivity contribution is 5.66. The van der Waals surface area contributed by atoms with Crippen LogP contribution in [0.5, 0.6) is 0 Å². The zero-order valence-electron chi connectivity index (χ0n) is 20.3. The van der Waals surface area contributed by atoms with Gasteiger partial charge in [-0.05, 0) is 47.7 Å². The SMILES string of the molecule is Cc1ccccc1CNc1ncc(CN2CC=C(c3ccccc3)CC2)c2nc(-c3ccco3)nn12. The van der Waals surface area contributed by atoms with Gasteiger partial charge in [0.05, 0.1) is 6.26 Å². The molecule has 4 heterocycles. The topological polar surface area (TPSA) is 71.5 Å². The number of fused-ring (bicyclic) bond motifs is 1. The summed E-state index contributed by atoms with van der Waals surface area (Å²) in [6, 6.07) is 22.7. The second-order valence-corrected chi connectivity index (χ2v) is 9.12. The Labute approximate surface area is 210 Å². The van der Waals surface area contributed by atoms with E-state index >= 15 is 0 Å². The van der Waals surface area contributed by atoms with E-state index in [9.17, 15) is 0 Å². The molecule has 0 spiro atoms. The Kier molecular flexibility index (Phi) is 6.05. The Morgan fingerprint density at radius 2 is 1.83 bits per heavy atom. The Hall–Kier alpha value is -4.23. The van der Waals surface area contributed by atoms with Gasteiger partial charge in [0.1, 0.15) is 0 Å². The monoisotopic (exact) mass is 476 g/mol. The minimum Gasteiger partial charge on any atom is -0.461 e. The summed E-state index contributed by atoms with van der Waals surface area (Å²) in [4.78, 5) is 12.0. The van der Waals surface area contributed by atoms with Gasteiger partial charge < -0.3 is 9.73 Å². The molecule has 0 atom stereocenters. The molecule has 0 saturated carbocycles. The van der Waals surface area contributed by atoms with Crippen LogP contribution >= 0.6 is 0 Å². The van der Waals surface area contributed by atoms with Crippen molar-refractivity contribution in [3.63, 3.8) is 0 Å². The van der Waals surface area contributed by atoms with Crippen LogP contribution in [0.1, 0.15) is 28.7 Å². The maximum atomic E-state index is 5.58. The van der Waals surface area contributed by atoms with Crippen LogP contribution in [0.3, 0.4) is 0 Å². The fourth-order valence-corrected chi connectivity index (χ4v) is 4.65. The number of anilines is 1. The first-order valence-corrected chi connectivity index (χ1v) is 12.3. The normalized spacial score (nSPS) is 14.2. The van der Waals surface area contributed by atoms with Crippen molar-refractivity contribution in [3.8, 4) is 11.6 Å². The summed E-state index contributed by atoms with van der Waals surface area (Å²) >= 11 is 0. The molecular weight excluding hydrogens is 448 g/mol. The molecule has 36 heavy (non-hydrogen) atoms. The largest absolute Gasteiger partial charge is 0.461 e. The molecule has 2 aromatic carbocycles. The predicted molar refractivity (Wildman–Crippen MR) is 141 cm³/mol. The van der Waals surface area contributed by atoms with Crippen molar-refractivity contribution in [1.29, 1.82) is 0 Å². The number of furan rings is 1. The predicted octanol–water partition coefficient (Wildman–Crippen LogP) is 5.59.